The van der Waals surface area contributed by atoms with Crippen molar-refractivity contribution >= 4 is 33.9 Å². The van der Waals surface area contributed by atoms with Crippen molar-refractivity contribution in [2.45, 2.75) is 6.42 Å². The first-order chi connectivity index (χ1) is 4.33. The maximum absolute atomic E-state index is 5.33. The number of nitrogens with two attached hydrogens (primary N) is 1. The Morgan fingerprint density at radius 2 is 2.56 bits per heavy atom. The van der Waals surface area contributed by atoms with Gasteiger partial charge in [0.2, 0.25) is 0 Å². The zero-order valence-corrected chi connectivity index (χ0v) is 7.78. The zero-order valence-electron chi connectivity index (χ0n) is 4.80. The van der Waals surface area contributed by atoms with Gasteiger partial charge in [-0.05, 0) is 29.1 Å². The van der Waals surface area contributed by atoms with E-state index in [-0.39, 0.29) is 0 Å². The van der Waals surface area contributed by atoms with Crippen LogP contribution < -0.4 is 5.73 Å². The summed E-state index contributed by atoms with van der Waals surface area (Å²) in [5.41, 5.74) is 6.45. The third kappa shape index (κ3) is 2.19. The predicted molar refractivity (Wildman–Crippen MR) is 47.6 cm³/mol. The molecule has 0 aliphatic rings. The van der Waals surface area contributed by atoms with Gasteiger partial charge in [0, 0.05) is 11.8 Å². The highest BCUT2D eigenvalue weighted by molar-refractivity contribution is 14.1. The van der Waals surface area contributed by atoms with Crippen molar-refractivity contribution in [1.82, 2.24) is 4.98 Å². The first-order valence-corrected chi connectivity index (χ1v) is 4.58. The molecule has 9 heavy (non-hydrogen) atoms. The summed E-state index contributed by atoms with van der Waals surface area (Å²) in [5, 5.41) is 2.05. The SMILES string of the molecule is NCCc1csc(I)n1. The third-order valence-corrected chi connectivity index (χ3v) is 2.60. The molecule has 0 spiro atoms. The fraction of sp³-hybridized carbons (Fsp3) is 0.400. The highest BCUT2D eigenvalue weighted by Gasteiger charge is 1.95. The zero-order chi connectivity index (χ0) is 6.69. The van der Waals surface area contributed by atoms with E-state index in [9.17, 15) is 0 Å². The Morgan fingerprint density at radius 1 is 1.78 bits per heavy atom. The molecule has 0 unspecified atom stereocenters. The Labute approximate surface area is 71.6 Å². The Kier molecular flexibility index (Phi) is 2.87. The molecule has 1 rings (SSSR count). The minimum Gasteiger partial charge on any atom is -0.330 e. The van der Waals surface area contributed by atoms with E-state index in [0.717, 1.165) is 15.1 Å². The first kappa shape index (κ1) is 7.43. The molecular weight excluding hydrogens is 247 g/mol. The molecule has 4 heteroatoms. The van der Waals surface area contributed by atoms with E-state index >= 15 is 0 Å². The van der Waals surface area contributed by atoms with Crippen LogP contribution in [0.2, 0.25) is 0 Å². The van der Waals surface area contributed by atoms with Crippen LogP contribution in [0.4, 0.5) is 0 Å². The number of aromatic nitrogens is 1. The van der Waals surface area contributed by atoms with Gasteiger partial charge in [0.15, 0.2) is 3.01 Å². The molecule has 0 aliphatic heterocycles. The van der Waals surface area contributed by atoms with Crippen LogP contribution in [0.25, 0.3) is 0 Å². The maximum Gasteiger partial charge on any atom is 0.154 e. The summed E-state index contributed by atoms with van der Waals surface area (Å²) in [4.78, 5) is 4.23. The van der Waals surface area contributed by atoms with E-state index in [1.165, 1.54) is 0 Å². The second-order valence-corrected chi connectivity index (χ2v) is 4.24. The number of hydrogen-bond donors (Lipinski definition) is 1. The number of hydrogen-bond acceptors (Lipinski definition) is 3. The molecule has 0 amide bonds. The maximum atomic E-state index is 5.33. The molecule has 0 aliphatic carbocycles. The van der Waals surface area contributed by atoms with Crippen LogP contribution in [0.3, 0.4) is 0 Å². The van der Waals surface area contributed by atoms with E-state index in [4.69, 9.17) is 5.73 Å². The molecule has 2 N–H and O–H groups in total. The lowest BCUT2D eigenvalue weighted by Gasteiger charge is -1.85. The molecule has 0 fully saturated rings. The molecule has 2 nitrogen and oxygen atoms in total. The summed E-state index contributed by atoms with van der Waals surface area (Å²) in [6.07, 6.45) is 0.902. The van der Waals surface area contributed by atoms with Crippen LogP contribution in [0, 0.1) is 3.01 Å². The third-order valence-electron chi connectivity index (χ3n) is 0.924. The lowest BCUT2D eigenvalue weighted by molar-refractivity contribution is 0.932. The largest absolute Gasteiger partial charge is 0.330 e. The van der Waals surface area contributed by atoms with E-state index in [1.807, 2.05) is 0 Å². The summed E-state index contributed by atoms with van der Waals surface area (Å²) >= 11 is 3.87. The van der Waals surface area contributed by atoms with Gasteiger partial charge < -0.3 is 5.73 Å². The highest BCUT2D eigenvalue weighted by Crippen LogP contribution is 2.11. The second kappa shape index (κ2) is 3.48. The Morgan fingerprint density at radius 3 is 3.00 bits per heavy atom. The van der Waals surface area contributed by atoms with E-state index in [2.05, 4.69) is 33.0 Å². The molecule has 0 bridgehead atoms. The summed E-state index contributed by atoms with van der Waals surface area (Å²) in [7, 11) is 0. The fourth-order valence-electron chi connectivity index (χ4n) is 0.545. The second-order valence-electron chi connectivity index (χ2n) is 1.63. The molecule has 1 aromatic heterocycles. The molecule has 1 aromatic rings. The lowest BCUT2D eigenvalue weighted by Crippen LogP contribution is -2.02. The smallest absolute Gasteiger partial charge is 0.154 e. The summed E-state index contributed by atoms with van der Waals surface area (Å²) in [6.45, 7) is 0.694. The highest BCUT2D eigenvalue weighted by atomic mass is 127. The average Bonchev–Trinajstić information content (AvgIpc) is 2.17. The molecule has 1 heterocycles. The van der Waals surface area contributed by atoms with Crippen LogP contribution in [-0.4, -0.2) is 11.5 Å². The molecule has 0 radical (unpaired) electrons. The minimum absolute atomic E-state index is 0.694. The van der Waals surface area contributed by atoms with Crippen molar-refractivity contribution in [1.29, 1.82) is 0 Å². The Balaban J connectivity index is 2.61. The van der Waals surface area contributed by atoms with Crippen molar-refractivity contribution in [3.05, 3.63) is 14.1 Å². The van der Waals surface area contributed by atoms with Gasteiger partial charge >= 0.3 is 0 Å². The molecule has 0 saturated carbocycles. The van der Waals surface area contributed by atoms with Crippen molar-refractivity contribution < 1.29 is 0 Å². The van der Waals surface area contributed by atoms with Gasteiger partial charge in [0.1, 0.15) is 0 Å². The average molecular weight is 254 g/mol. The molecule has 0 atom stereocenters. The van der Waals surface area contributed by atoms with Gasteiger partial charge in [-0.25, -0.2) is 4.98 Å². The van der Waals surface area contributed by atoms with E-state index in [1.54, 1.807) is 11.3 Å². The Hall–Kier alpha value is 0.320. The first-order valence-electron chi connectivity index (χ1n) is 2.63. The van der Waals surface area contributed by atoms with Crippen LogP contribution in [-0.2, 0) is 6.42 Å². The van der Waals surface area contributed by atoms with Gasteiger partial charge in [-0.1, -0.05) is 0 Å². The number of thiazole rings is 1. The Bertz CT molecular complexity index is 187. The van der Waals surface area contributed by atoms with Crippen molar-refractivity contribution in [2.75, 3.05) is 6.54 Å². The fourth-order valence-corrected chi connectivity index (χ4v) is 1.81. The summed E-state index contributed by atoms with van der Waals surface area (Å²) in [6, 6.07) is 0. The van der Waals surface area contributed by atoms with Gasteiger partial charge in [-0.3, -0.25) is 0 Å². The topological polar surface area (TPSA) is 38.9 Å². The van der Waals surface area contributed by atoms with Crippen molar-refractivity contribution in [2.24, 2.45) is 5.73 Å². The van der Waals surface area contributed by atoms with Crippen molar-refractivity contribution in [3.8, 4) is 0 Å². The van der Waals surface area contributed by atoms with E-state index in [0.29, 0.717) is 6.54 Å². The normalized spacial score (nSPS) is 10.0. The van der Waals surface area contributed by atoms with Gasteiger partial charge in [-0.2, -0.15) is 0 Å². The predicted octanol–water partition coefficient (Wildman–Crippen LogP) is 1.25. The lowest BCUT2D eigenvalue weighted by atomic mass is 10.3. The summed E-state index contributed by atoms with van der Waals surface area (Å²) < 4.78 is 1.09. The summed E-state index contributed by atoms with van der Waals surface area (Å²) in [5.74, 6) is 0. The van der Waals surface area contributed by atoms with Gasteiger partial charge in [0.25, 0.3) is 0 Å². The monoisotopic (exact) mass is 254 g/mol. The molecule has 50 valence electrons. The van der Waals surface area contributed by atoms with Gasteiger partial charge in [0.05, 0.1) is 5.69 Å². The van der Waals surface area contributed by atoms with Crippen LogP contribution in [0.15, 0.2) is 5.38 Å². The molecule has 0 aromatic carbocycles. The van der Waals surface area contributed by atoms with Crippen molar-refractivity contribution in [3.63, 3.8) is 0 Å². The minimum atomic E-state index is 0.694. The molecular formula is C5H7IN2S. The quantitative estimate of drug-likeness (QED) is 0.806. The van der Waals surface area contributed by atoms with Crippen LogP contribution >= 0.6 is 33.9 Å². The van der Waals surface area contributed by atoms with Gasteiger partial charge in [-0.15, -0.1) is 11.3 Å². The standard InChI is InChI=1S/C5H7IN2S/c6-5-8-4(1-2-7)3-9-5/h3H,1-2,7H2. The van der Waals surface area contributed by atoms with Crippen LogP contribution in [0.5, 0.6) is 0 Å². The van der Waals surface area contributed by atoms with E-state index < -0.39 is 0 Å². The number of nitrogens with zero attached hydrogens (tertiary/aromatic N) is 1. The van der Waals surface area contributed by atoms with Crippen LogP contribution in [0.1, 0.15) is 5.69 Å². The molecule has 0 saturated heterocycles. The number of halogens is 1. The number of rotatable bonds is 2.